The third kappa shape index (κ3) is 3.31. The second-order valence-corrected chi connectivity index (χ2v) is 5.09. The van der Waals surface area contributed by atoms with Gasteiger partial charge in [0.2, 0.25) is 0 Å². The lowest BCUT2D eigenvalue weighted by Crippen LogP contribution is -2.18. The summed E-state index contributed by atoms with van der Waals surface area (Å²) in [5, 5.41) is 0. The molecule has 0 aliphatic carbocycles. The minimum absolute atomic E-state index is 0.472. The molecule has 4 heteroatoms. The van der Waals surface area contributed by atoms with Crippen LogP contribution in [-0.2, 0) is 13.1 Å². The van der Waals surface area contributed by atoms with Crippen molar-refractivity contribution in [2.45, 2.75) is 13.1 Å². The number of hydrogen-bond donors (Lipinski definition) is 1. The van der Waals surface area contributed by atoms with Crippen LogP contribution in [0.1, 0.15) is 11.3 Å². The molecule has 0 saturated carbocycles. The third-order valence-electron chi connectivity index (χ3n) is 2.73. The first-order chi connectivity index (χ1) is 8.69. The van der Waals surface area contributed by atoms with Crippen molar-refractivity contribution in [3.8, 4) is 0 Å². The number of aromatic nitrogens is 1. The fourth-order valence-corrected chi connectivity index (χ4v) is 2.00. The average Bonchev–Trinajstić information content (AvgIpc) is 2.41. The molecule has 1 aromatic heterocycles. The molecule has 18 heavy (non-hydrogen) atoms. The highest BCUT2D eigenvalue weighted by atomic mass is 79.9. The Kier molecular flexibility index (Phi) is 4.33. The van der Waals surface area contributed by atoms with E-state index in [2.05, 4.69) is 37.9 Å². The molecule has 94 valence electrons. The Hall–Kier alpha value is -1.39. The fraction of sp³-hybridized carbons (Fsp3) is 0.214. The van der Waals surface area contributed by atoms with E-state index in [0.717, 1.165) is 22.5 Å². The van der Waals surface area contributed by atoms with Crippen LogP contribution in [0.2, 0.25) is 0 Å². The molecule has 0 unspecified atom stereocenters. The number of anilines is 1. The number of halogens is 1. The van der Waals surface area contributed by atoms with Crippen molar-refractivity contribution in [2.75, 3.05) is 11.9 Å². The average molecular weight is 306 g/mol. The number of nitrogens with zero attached hydrogens (tertiary/aromatic N) is 2. The molecule has 0 bridgehead atoms. The molecule has 0 fully saturated rings. The monoisotopic (exact) mass is 305 g/mol. The van der Waals surface area contributed by atoms with Gasteiger partial charge in [-0.15, -0.1) is 0 Å². The standard InChI is InChI=1S/C14H16BrN3/c1-18(10-11-5-7-12(15)8-6-11)14-4-2-3-13(9-16)17-14/h2-8H,9-10,16H2,1H3. The molecule has 2 rings (SSSR count). The summed E-state index contributed by atoms with van der Waals surface area (Å²) in [5.74, 6) is 0.945. The van der Waals surface area contributed by atoms with Gasteiger partial charge in [0.1, 0.15) is 5.82 Å². The summed E-state index contributed by atoms with van der Waals surface area (Å²) in [4.78, 5) is 6.61. The molecule has 0 radical (unpaired) electrons. The molecule has 0 amide bonds. The molecule has 2 aromatic rings. The van der Waals surface area contributed by atoms with Crippen molar-refractivity contribution >= 4 is 21.7 Å². The number of nitrogens with two attached hydrogens (primary N) is 1. The van der Waals surface area contributed by atoms with Crippen molar-refractivity contribution in [1.29, 1.82) is 0 Å². The number of hydrogen-bond acceptors (Lipinski definition) is 3. The van der Waals surface area contributed by atoms with Crippen molar-refractivity contribution in [1.82, 2.24) is 4.98 Å². The maximum atomic E-state index is 5.60. The summed E-state index contributed by atoms with van der Waals surface area (Å²) >= 11 is 3.44. The minimum atomic E-state index is 0.472. The Labute approximate surface area is 116 Å². The van der Waals surface area contributed by atoms with Crippen LogP contribution in [0.3, 0.4) is 0 Å². The third-order valence-corrected chi connectivity index (χ3v) is 3.25. The SMILES string of the molecule is CN(Cc1ccc(Br)cc1)c1cccc(CN)n1. The molecule has 0 saturated heterocycles. The van der Waals surface area contributed by atoms with E-state index in [-0.39, 0.29) is 0 Å². The van der Waals surface area contributed by atoms with Gasteiger partial charge in [0, 0.05) is 24.6 Å². The Morgan fingerprint density at radius 3 is 2.56 bits per heavy atom. The van der Waals surface area contributed by atoms with E-state index in [4.69, 9.17) is 5.73 Å². The van der Waals surface area contributed by atoms with Gasteiger partial charge in [-0.3, -0.25) is 0 Å². The maximum absolute atomic E-state index is 5.60. The van der Waals surface area contributed by atoms with Gasteiger partial charge in [-0.2, -0.15) is 0 Å². The maximum Gasteiger partial charge on any atom is 0.128 e. The van der Waals surface area contributed by atoms with Gasteiger partial charge in [-0.1, -0.05) is 34.1 Å². The molecule has 0 aliphatic heterocycles. The zero-order chi connectivity index (χ0) is 13.0. The minimum Gasteiger partial charge on any atom is -0.355 e. The zero-order valence-corrected chi connectivity index (χ0v) is 11.9. The van der Waals surface area contributed by atoms with Crippen LogP contribution in [-0.4, -0.2) is 12.0 Å². The van der Waals surface area contributed by atoms with Crippen molar-refractivity contribution in [2.24, 2.45) is 5.73 Å². The highest BCUT2D eigenvalue weighted by Crippen LogP contribution is 2.15. The smallest absolute Gasteiger partial charge is 0.128 e. The molecule has 1 heterocycles. The van der Waals surface area contributed by atoms with Gasteiger partial charge in [-0.05, 0) is 29.8 Å². The van der Waals surface area contributed by atoms with Crippen molar-refractivity contribution < 1.29 is 0 Å². The van der Waals surface area contributed by atoms with Gasteiger partial charge in [0.15, 0.2) is 0 Å². The van der Waals surface area contributed by atoms with Crippen LogP contribution < -0.4 is 10.6 Å². The quantitative estimate of drug-likeness (QED) is 0.944. The van der Waals surface area contributed by atoms with Gasteiger partial charge in [-0.25, -0.2) is 4.98 Å². The molecule has 3 nitrogen and oxygen atoms in total. The Bertz CT molecular complexity index is 511. The zero-order valence-electron chi connectivity index (χ0n) is 10.3. The summed E-state index contributed by atoms with van der Waals surface area (Å²) in [6, 6.07) is 14.2. The Morgan fingerprint density at radius 1 is 1.17 bits per heavy atom. The summed E-state index contributed by atoms with van der Waals surface area (Å²) < 4.78 is 1.09. The Morgan fingerprint density at radius 2 is 1.89 bits per heavy atom. The predicted molar refractivity (Wildman–Crippen MR) is 78.4 cm³/mol. The fourth-order valence-electron chi connectivity index (χ4n) is 1.74. The van der Waals surface area contributed by atoms with Crippen LogP contribution in [0.4, 0.5) is 5.82 Å². The molecule has 0 atom stereocenters. The van der Waals surface area contributed by atoms with Gasteiger partial charge in [0.05, 0.1) is 5.69 Å². The lowest BCUT2D eigenvalue weighted by molar-refractivity contribution is 0.878. The summed E-state index contributed by atoms with van der Waals surface area (Å²) in [6.07, 6.45) is 0. The molecule has 2 N–H and O–H groups in total. The number of pyridine rings is 1. The van der Waals surface area contributed by atoms with Crippen LogP contribution in [0.5, 0.6) is 0 Å². The van der Waals surface area contributed by atoms with Crippen LogP contribution in [0.25, 0.3) is 0 Å². The van der Waals surface area contributed by atoms with Crippen LogP contribution in [0.15, 0.2) is 46.9 Å². The van der Waals surface area contributed by atoms with Crippen LogP contribution in [0, 0.1) is 0 Å². The van der Waals surface area contributed by atoms with E-state index < -0.39 is 0 Å². The Balaban J connectivity index is 2.11. The van der Waals surface area contributed by atoms with Crippen LogP contribution >= 0.6 is 15.9 Å². The summed E-state index contributed by atoms with van der Waals surface area (Å²) in [5.41, 5.74) is 7.76. The molecule has 0 spiro atoms. The van der Waals surface area contributed by atoms with E-state index >= 15 is 0 Å². The van der Waals surface area contributed by atoms with E-state index in [1.54, 1.807) is 0 Å². The molecule has 0 aliphatic rings. The first-order valence-electron chi connectivity index (χ1n) is 5.80. The molecular formula is C14H16BrN3. The van der Waals surface area contributed by atoms with E-state index in [9.17, 15) is 0 Å². The van der Waals surface area contributed by atoms with Gasteiger partial charge >= 0.3 is 0 Å². The van der Waals surface area contributed by atoms with E-state index in [1.165, 1.54) is 5.56 Å². The summed E-state index contributed by atoms with van der Waals surface area (Å²) in [7, 11) is 2.03. The lowest BCUT2D eigenvalue weighted by Gasteiger charge is -2.18. The lowest BCUT2D eigenvalue weighted by atomic mass is 10.2. The first-order valence-corrected chi connectivity index (χ1v) is 6.60. The largest absolute Gasteiger partial charge is 0.355 e. The van der Waals surface area contributed by atoms with Gasteiger partial charge < -0.3 is 10.6 Å². The molecule has 1 aromatic carbocycles. The van der Waals surface area contributed by atoms with E-state index in [1.807, 2.05) is 37.4 Å². The highest BCUT2D eigenvalue weighted by Gasteiger charge is 2.04. The van der Waals surface area contributed by atoms with E-state index in [0.29, 0.717) is 6.54 Å². The van der Waals surface area contributed by atoms with Crippen molar-refractivity contribution in [3.05, 3.63) is 58.2 Å². The normalized spacial score (nSPS) is 10.4. The molecular weight excluding hydrogens is 290 g/mol. The first kappa shape index (κ1) is 13.1. The predicted octanol–water partition coefficient (Wildman–Crippen LogP) is 2.94. The number of rotatable bonds is 4. The topological polar surface area (TPSA) is 42.1 Å². The number of benzene rings is 1. The van der Waals surface area contributed by atoms with Crippen molar-refractivity contribution in [3.63, 3.8) is 0 Å². The summed E-state index contributed by atoms with van der Waals surface area (Å²) in [6.45, 7) is 1.30. The highest BCUT2D eigenvalue weighted by molar-refractivity contribution is 9.10. The van der Waals surface area contributed by atoms with Gasteiger partial charge in [0.25, 0.3) is 0 Å². The second-order valence-electron chi connectivity index (χ2n) is 4.17. The second kappa shape index (κ2) is 5.98.